The first-order valence-electron chi connectivity index (χ1n) is 8.89. The molecule has 0 aliphatic carbocycles. The topological polar surface area (TPSA) is 51.7 Å². The average Bonchev–Trinajstić information content (AvgIpc) is 3.11. The first kappa shape index (κ1) is 19.3. The number of benzene rings is 2. The molecule has 2 aromatic carbocycles. The van der Waals surface area contributed by atoms with Gasteiger partial charge >= 0.3 is 0 Å². The normalized spacial score (nSPS) is 15.0. The Balaban J connectivity index is 1.39. The molecule has 0 saturated carbocycles. The molecule has 1 fully saturated rings. The lowest BCUT2D eigenvalue weighted by atomic mass is 10.1. The van der Waals surface area contributed by atoms with Crippen molar-refractivity contribution in [3.05, 3.63) is 52.0 Å². The second kappa shape index (κ2) is 8.15. The van der Waals surface area contributed by atoms with Crippen LogP contribution in [0.15, 0.2) is 36.4 Å². The molecule has 28 heavy (non-hydrogen) atoms. The zero-order valence-corrected chi connectivity index (χ0v) is 17.5. The number of hydrogen-bond donors (Lipinski definition) is 0. The van der Waals surface area contributed by atoms with Gasteiger partial charge in [-0.3, -0.25) is 4.79 Å². The zero-order chi connectivity index (χ0) is 19.7. The van der Waals surface area contributed by atoms with Crippen molar-refractivity contribution in [1.82, 2.24) is 9.88 Å². The van der Waals surface area contributed by atoms with Crippen LogP contribution in [0.25, 0.3) is 10.2 Å². The highest BCUT2D eigenvalue weighted by atomic mass is 35.5. The number of rotatable bonds is 4. The molecule has 5 nitrogen and oxygen atoms in total. The molecule has 1 saturated heterocycles. The first-order valence-corrected chi connectivity index (χ1v) is 10.5. The molecule has 146 valence electrons. The molecule has 2 heterocycles. The van der Waals surface area contributed by atoms with E-state index >= 15 is 0 Å². The Labute approximate surface area is 176 Å². The molecule has 0 atom stereocenters. The Kier molecular flexibility index (Phi) is 5.62. The van der Waals surface area contributed by atoms with E-state index in [1.54, 1.807) is 30.2 Å². The third-order valence-electron chi connectivity index (χ3n) is 4.73. The van der Waals surface area contributed by atoms with Crippen LogP contribution in [0.3, 0.4) is 0 Å². The number of carbonyl (C=O) groups is 1. The minimum atomic E-state index is -0.0990. The van der Waals surface area contributed by atoms with Gasteiger partial charge in [0.1, 0.15) is 11.9 Å². The molecule has 0 N–H and O–H groups in total. The van der Waals surface area contributed by atoms with Crippen molar-refractivity contribution in [2.24, 2.45) is 0 Å². The van der Waals surface area contributed by atoms with Gasteiger partial charge in [-0.1, -0.05) is 34.5 Å². The number of fused-ring (bicyclic) bond motifs is 1. The van der Waals surface area contributed by atoms with Gasteiger partial charge < -0.3 is 14.4 Å². The number of aromatic nitrogens is 1. The number of thiazole rings is 1. The van der Waals surface area contributed by atoms with E-state index < -0.39 is 0 Å². The number of hydrogen-bond acceptors (Lipinski definition) is 5. The van der Waals surface area contributed by atoms with E-state index in [1.165, 1.54) is 11.3 Å². The lowest BCUT2D eigenvalue weighted by Gasteiger charge is -2.31. The summed E-state index contributed by atoms with van der Waals surface area (Å²) in [7, 11) is 1.64. The number of halogens is 2. The molecule has 1 aliphatic heterocycles. The third kappa shape index (κ3) is 4.04. The molecule has 0 radical (unpaired) electrons. The van der Waals surface area contributed by atoms with Crippen LogP contribution in [0.1, 0.15) is 23.2 Å². The summed E-state index contributed by atoms with van der Waals surface area (Å²) in [6.07, 6.45) is 1.51. The summed E-state index contributed by atoms with van der Waals surface area (Å²) in [6.45, 7) is 1.20. The van der Waals surface area contributed by atoms with Crippen molar-refractivity contribution < 1.29 is 14.3 Å². The number of nitrogens with zero attached hydrogens (tertiary/aromatic N) is 2. The van der Waals surface area contributed by atoms with Crippen molar-refractivity contribution in [2.45, 2.75) is 18.9 Å². The van der Waals surface area contributed by atoms with Crippen molar-refractivity contribution in [2.75, 3.05) is 20.2 Å². The number of methoxy groups -OCH3 is 1. The van der Waals surface area contributed by atoms with Crippen LogP contribution < -0.4 is 9.47 Å². The predicted molar refractivity (Wildman–Crippen MR) is 112 cm³/mol. The Morgan fingerprint density at radius 3 is 2.71 bits per heavy atom. The monoisotopic (exact) mass is 436 g/mol. The lowest BCUT2D eigenvalue weighted by Crippen LogP contribution is -2.41. The molecular formula is C20H18Cl2N2O3S. The van der Waals surface area contributed by atoms with Crippen LogP contribution in [0.4, 0.5) is 0 Å². The molecule has 0 bridgehead atoms. The van der Waals surface area contributed by atoms with Gasteiger partial charge in [0.15, 0.2) is 0 Å². The molecule has 4 rings (SSSR count). The van der Waals surface area contributed by atoms with E-state index in [-0.39, 0.29) is 12.0 Å². The highest BCUT2D eigenvalue weighted by molar-refractivity contribution is 7.20. The number of amides is 1. The molecule has 3 aromatic rings. The van der Waals surface area contributed by atoms with Crippen molar-refractivity contribution >= 4 is 50.7 Å². The third-order valence-corrected chi connectivity index (χ3v) is 6.22. The van der Waals surface area contributed by atoms with E-state index in [9.17, 15) is 4.79 Å². The summed E-state index contributed by atoms with van der Waals surface area (Å²) in [5, 5.41) is 1.56. The predicted octanol–water partition coefficient (Wildman–Crippen LogP) is 5.30. The number of likely N-dealkylation sites (tertiary alicyclic amines) is 1. The van der Waals surface area contributed by atoms with Gasteiger partial charge in [-0.2, -0.15) is 0 Å². The smallest absolute Gasteiger partial charge is 0.274 e. The van der Waals surface area contributed by atoms with Crippen molar-refractivity contribution in [1.29, 1.82) is 0 Å². The first-order chi connectivity index (χ1) is 13.5. The van der Waals surface area contributed by atoms with Gasteiger partial charge in [0, 0.05) is 37.0 Å². The van der Waals surface area contributed by atoms with E-state index in [2.05, 4.69) is 4.98 Å². The largest absolute Gasteiger partial charge is 0.497 e. The maximum atomic E-state index is 12.7. The Bertz CT molecular complexity index is 1020. The van der Waals surface area contributed by atoms with Gasteiger partial charge in [-0.15, -0.1) is 0 Å². The maximum absolute atomic E-state index is 12.7. The summed E-state index contributed by atoms with van der Waals surface area (Å²) in [4.78, 5) is 19.1. The number of carbonyl (C=O) groups excluding carboxylic acids is 1. The molecule has 0 spiro atoms. The fourth-order valence-electron chi connectivity index (χ4n) is 3.21. The van der Waals surface area contributed by atoms with Gasteiger partial charge in [0.25, 0.3) is 11.1 Å². The second-order valence-electron chi connectivity index (χ2n) is 6.55. The fraction of sp³-hybridized carbons (Fsp3) is 0.300. The van der Waals surface area contributed by atoms with Gasteiger partial charge in [0.05, 0.1) is 27.9 Å². The highest BCUT2D eigenvalue weighted by Gasteiger charge is 2.26. The Morgan fingerprint density at radius 1 is 1.18 bits per heavy atom. The standard InChI is InChI=1S/C20H18Cl2N2O3S/c1-26-14-3-5-18-17(11-14)23-20(28-18)27-13-6-8-24(9-7-13)19(25)15-10-12(21)2-4-16(15)22/h2-5,10-11,13H,6-9H2,1H3. The van der Waals surface area contributed by atoms with Crippen LogP contribution in [0.2, 0.25) is 10.0 Å². The van der Waals surface area contributed by atoms with E-state index in [0.717, 1.165) is 28.8 Å². The molecule has 1 aromatic heterocycles. The SMILES string of the molecule is COc1ccc2sc(OC3CCN(C(=O)c4cc(Cl)ccc4Cl)CC3)nc2c1. The van der Waals surface area contributed by atoms with Gasteiger partial charge in [0.2, 0.25) is 0 Å². The van der Waals surface area contributed by atoms with Gasteiger partial charge in [-0.25, -0.2) is 4.98 Å². The number of ether oxygens (including phenoxy) is 2. The van der Waals surface area contributed by atoms with Crippen LogP contribution in [0.5, 0.6) is 10.9 Å². The molecule has 1 amide bonds. The average molecular weight is 437 g/mol. The van der Waals surface area contributed by atoms with E-state index in [4.69, 9.17) is 32.7 Å². The lowest BCUT2D eigenvalue weighted by molar-refractivity contribution is 0.0595. The van der Waals surface area contributed by atoms with Crippen LogP contribution in [-0.2, 0) is 0 Å². The molecule has 0 unspecified atom stereocenters. The Morgan fingerprint density at radius 2 is 1.96 bits per heavy atom. The number of piperidine rings is 1. The molecular weight excluding hydrogens is 419 g/mol. The summed E-state index contributed by atoms with van der Waals surface area (Å²) in [5.74, 6) is 0.675. The highest BCUT2D eigenvalue weighted by Crippen LogP contribution is 2.32. The fourth-order valence-corrected chi connectivity index (χ4v) is 4.45. The summed E-state index contributed by atoms with van der Waals surface area (Å²) < 4.78 is 12.4. The van der Waals surface area contributed by atoms with E-state index in [0.29, 0.717) is 33.9 Å². The minimum absolute atomic E-state index is 0.0290. The summed E-state index contributed by atoms with van der Waals surface area (Å²) in [6, 6.07) is 10.7. The van der Waals surface area contributed by atoms with Crippen LogP contribution in [0, 0.1) is 0 Å². The summed E-state index contributed by atoms with van der Waals surface area (Å²) >= 11 is 13.7. The van der Waals surface area contributed by atoms with Gasteiger partial charge in [-0.05, 0) is 30.3 Å². The Hall–Kier alpha value is -2.02. The van der Waals surface area contributed by atoms with Crippen LogP contribution >= 0.6 is 34.5 Å². The van der Waals surface area contributed by atoms with Crippen molar-refractivity contribution in [3.63, 3.8) is 0 Å². The van der Waals surface area contributed by atoms with Crippen LogP contribution in [-0.4, -0.2) is 42.1 Å². The quantitative estimate of drug-likeness (QED) is 0.556. The van der Waals surface area contributed by atoms with E-state index in [1.807, 2.05) is 18.2 Å². The second-order valence-corrected chi connectivity index (χ2v) is 8.38. The molecule has 8 heteroatoms. The maximum Gasteiger partial charge on any atom is 0.274 e. The van der Waals surface area contributed by atoms with Crippen molar-refractivity contribution in [3.8, 4) is 10.9 Å². The minimum Gasteiger partial charge on any atom is -0.497 e. The molecule has 1 aliphatic rings. The zero-order valence-electron chi connectivity index (χ0n) is 15.2. The summed E-state index contributed by atoms with van der Waals surface area (Å²) in [5.41, 5.74) is 1.30.